The van der Waals surface area contributed by atoms with Crippen molar-refractivity contribution < 1.29 is 0 Å². The first-order valence-electron chi connectivity index (χ1n) is 6.93. The molecule has 0 amide bonds. The van der Waals surface area contributed by atoms with Crippen LogP contribution >= 0.6 is 35.6 Å². The maximum atomic E-state index is 6.13. The summed E-state index contributed by atoms with van der Waals surface area (Å²) in [6.07, 6.45) is 6.58. The highest BCUT2D eigenvalue weighted by atomic mass is 127. The number of aliphatic imine (C=N–C) groups is 1. The van der Waals surface area contributed by atoms with E-state index in [1.807, 2.05) is 36.8 Å². The fourth-order valence-corrected chi connectivity index (χ4v) is 2.13. The Labute approximate surface area is 153 Å². The summed E-state index contributed by atoms with van der Waals surface area (Å²) in [7, 11) is 1.76. The van der Waals surface area contributed by atoms with Crippen molar-refractivity contribution in [3.63, 3.8) is 0 Å². The van der Waals surface area contributed by atoms with E-state index < -0.39 is 0 Å². The number of guanidine groups is 1. The lowest BCUT2D eigenvalue weighted by Crippen LogP contribution is -2.37. The first-order chi connectivity index (χ1) is 10.3. The van der Waals surface area contributed by atoms with E-state index >= 15 is 0 Å². The average molecular weight is 434 g/mol. The molecule has 5 nitrogen and oxygen atoms in total. The van der Waals surface area contributed by atoms with Crippen LogP contribution in [0.2, 0.25) is 5.02 Å². The van der Waals surface area contributed by atoms with Crippen molar-refractivity contribution in [3.8, 4) is 0 Å². The Morgan fingerprint density at radius 3 is 2.82 bits per heavy atom. The monoisotopic (exact) mass is 433 g/mol. The Bertz CT molecular complexity index is 571. The minimum atomic E-state index is 0. The van der Waals surface area contributed by atoms with E-state index in [1.165, 1.54) is 0 Å². The third-order valence-corrected chi connectivity index (χ3v) is 3.44. The highest BCUT2D eigenvalue weighted by molar-refractivity contribution is 14.0. The first-order valence-corrected chi connectivity index (χ1v) is 7.31. The van der Waals surface area contributed by atoms with Gasteiger partial charge in [-0.25, -0.2) is 4.98 Å². The summed E-state index contributed by atoms with van der Waals surface area (Å²) < 4.78 is 2.06. The van der Waals surface area contributed by atoms with Crippen LogP contribution in [-0.4, -0.2) is 29.1 Å². The van der Waals surface area contributed by atoms with Crippen LogP contribution in [0.25, 0.3) is 0 Å². The first kappa shape index (κ1) is 18.8. The minimum absolute atomic E-state index is 0. The lowest BCUT2D eigenvalue weighted by Gasteiger charge is -2.12. The number of halogens is 2. The Morgan fingerprint density at radius 1 is 1.32 bits per heavy atom. The molecule has 1 aromatic carbocycles. The van der Waals surface area contributed by atoms with Crippen molar-refractivity contribution in [2.75, 3.05) is 13.6 Å². The molecule has 0 spiro atoms. The fraction of sp³-hybridized carbons (Fsp3) is 0.333. The number of nitrogens with one attached hydrogen (secondary N) is 2. The van der Waals surface area contributed by atoms with Gasteiger partial charge in [-0.2, -0.15) is 0 Å². The van der Waals surface area contributed by atoms with Gasteiger partial charge in [0, 0.05) is 44.1 Å². The summed E-state index contributed by atoms with van der Waals surface area (Å²) in [6, 6.07) is 7.79. The predicted molar refractivity (Wildman–Crippen MR) is 102 cm³/mol. The summed E-state index contributed by atoms with van der Waals surface area (Å²) >= 11 is 6.13. The number of imidazole rings is 1. The second kappa shape index (κ2) is 10.4. The maximum Gasteiger partial charge on any atom is 0.191 e. The lowest BCUT2D eigenvalue weighted by atomic mass is 10.2. The van der Waals surface area contributed by atoms with Crippen molar-refractivity contribution in [1.29, 1.82) is 0 Å². The van der Waals surface area contributed by atoms with Gasteiger partial charge in [-0.3, -0.25) is 4.99 Å². The average Bonchev–Trinajstić information content (AvgIpc) is 3.01. The summed E-state index contributed by atoms with van der Waals surface area (Å²) in [5.41, 5.74) is 1.06. The fourth-order valence-electron chi connectivity index (χ4n) is 1.93. The van der Waals surface area contributed by atoms with Gasteiger partial charge in [-0.1, -0.05) is 29.8 Å². The van der Waals surface area contributed by atoms with Crippen LogP contribution in [-0.2, 0) is 13.1 Å². The Morgan fingerprint density at radius 2 is 2.14 bits per heavy atom. The van der Waals surface area contributed by atoms with Crippen LogP contribution < -0.4 is 10.6 Å². The van der Waals surface area contributed by atoms with E-state index in [9.17, 15) is 0 Å². The SMILES string of the molecule is CN=C(NCCCn1ccnc1)NCc1ccccc1Cl.I. The molecule has 0 fully saturated rings. The smallest absolute Gasteiger partial charge is 0.191 e. The van der Waals surface area contributed by atoms with E-state index in [2.05, 4.69) is 25.2 Å². The molecule has 0 unspecified atom stereocenters. The second-order valence-corrected chi connectivity index (χ2v) is 5.01. The molecule has 0 bridgehead atoms. The van der Waals surface area contributed by atoms with Crippen molar-refractivity contribution in [1.82, 2.24) is 20.2 Å². The second-order valence-electron chi connectivity index (χ2n) is 4.60. The number of benzene rings is 1. The van der Waals surface area contributed by atoms with Gasteiger partial charge in [0.2, 0.25) is 0 Å². The number of nitrogens with zero attached hydrogens (tertiary/aromatic N) is 3. The van der Waals surface area contributed by atoms with Crippen LogP contribution in [0.3, 0.4) is 0 Å². The minimum Gasteiger partial charge on any atom is -0.356 e. The van der Waals surface area contributed by atoms with Gasteiger partial charge in [0.25, 0.3) is 0 Å². The molecule has 0 radical (unpaired) electrons. The summed E-state index contributed by atoms with van der Waals surface area (Å²) in [5, 5.41) is 7.30. The zero-order valence-corrected chi connectivity index (χ0v) is 15.6. The zero-order valence-electron chi connectivity index (χ0n) is 12.5. The van der Waals surface area contributed by atoms with Crippen LogP contribution in [0, 0.1) is 0 Å². The van der Waals surface area contributed by atoms with Gasteiger partial charge in [0.1, 0.15) is 0 Å². The van der Waals surface area contributed by atoms with Crippen LogP contribution in [0.15, 0.2) is 48.0 Å². The molecule has 0 aliphatic carbocycles. The van der Waals surface area contributed by atoms with Gasteiger partial charge < -0.3 is 15.2 Å². The maximum absolute atomic E-state index is 6.13. The van der Waals surface area contributed by atoms with Crippen molar-refractivity contribution >= 4 is 41.5 Å². The topological polar surface area (TPSA) is 54.2 Å². The Hall–Kier alpha value is -1.28. The van der Waals surface area contributed by atoms with E-state index in [4.69, 9.17) is 11.6 Å². The third-order valence-electron chi connectivity index (χ3n) is 3.07. The van der Waals surface area contributed by atoms with Crippen LogP contribution in [0.1, 0.15) is 12.0 Å². The molecular formula is C15H21ClIN5. The molecule has 2 N–H and O–H groups in total. The normalized spacial score (nSPS) is 10.9. The molecule has 0 saturated heterocycles. The number of hydrogen-bond donors (Lipinski definition) is 2. The predicted octanol–water partition coefficient (Wildman–Crippen LogP) is 2.91. The molecule has 1 aromatic heterocycles. The van der Waals surface area contributed by atoms with Gasteiger partial charge in [-0.15, -0.1) is 24.0 Å². The number of rotatable bonds is 6. The molecule has 2 rings (SSSR count). The molecule has 2 aromatic rings. The summed E-state index contributed by atoms with van der Waals surface area (Å²) in [4.78, 5) is 8.22. The molecule has 0 saturated carbocycles. The van der Waals surface area contributed by atoms with E-state index in [0.717, 1.165) is 36.1 Å². The standard InChI is InChI=1S/C15H20ClN5.HI/c1-17-15(19-7-4-9-21-10-8-18-12-21)20-11-13-5-2-3-6-14(13)16;/h2-3,5-6,8,10,12H,4,7,9,11H2,1H3,(H2,17,19,20);1H. The van der Waals surface area contributed by atoms with E-state index in [1.54, 1.807) is 13.2 Å². The van der Waals surface area contributed by atoms with Crippen molar-refractivity contribution in [2.45, 2.75) is 19.5 Å². The molecule has 7 heteroatoms. The van der Waals surface area contributed by atoms with E-state index in [0.29, 0.717) is 6.54 Å². The largest absolute Gasteiger partial charge is 0.356 e. The zero-order chi connectivity index (χ0) is 14.9. The van der Waals surface area contributed by atoms with Crippen molar-refractivity contribution in [3.05, 3.63) is 53.6 Å². The molecule has 0 aliphatic rings. The highest BCUT2D eigenvalue weighted by Gasteiger charge is 2.01. The molecule has 22 heavy (non-hydrogen) atoms. The molecular weight excluding hydrogens is 413 g/mol. The van der Waals surface area contributed by atoms with Gasteiger partial charge >= 0.3 is 0 Å². The Kier molecular flexibility index (Phi) is 8.91. The lowest BCUT2D eigenvalue weighted by molar-refractivity contribution is 0.624. The summed E-state index contributed by atoms with van der Waals surface area (Å²) in [5.74, 6) is 0.778. The Balaban J connectivity index is 0.00000242. The number of aromatic nitrogens is 2. The third kappa shape index (κ3) is 6.23. The quantitative estimate of drug-likeness (QED) is 0.319. The van der Waals surface area contributed by atoms with Crippen LogP contribution in [0.4, 0.5) is 0 Å². The number of aryl methyl sites for hydroxylation is 1. The molecule has 0 atom stereocenters. The molecule has 0 aliphatic heterocycles. The highest BCUT2D eigenvalue weighted by Crippen LogP contribution is 2.14. The van der Waals surface area contributed by atoms with Crippen molar-refractivity contribution in [2.24, 2.45) is 4.99 Å². The summed E-state index contributed by atoms with van der Waals surface area (Å²) in [6.45, 7) is 2.44. The van der Waals surface area contributed by atoms with Crippen LogP contribution in [0.5, 0.6) is 0 Å². The van der Waals surface area contributed by atoms with Gasteiger partial charge in [-0.05, 0) is 18.1 Å². The molecule has 1 heterocycles. The van der Waals surface area contributed by atoms with Gasteiger partial charge in [0.05, 0.1) is 6.33 Å². The number of hydrogen-bond acceptors (Lipinski definition) is 2. The molecule has 120 valence electrons. The van der Waals surface area contributed by atoms with E-state index in [-0.39, 0.29) is 24.0 Å². The van der Waals surface area contributed by atoms with Gasteiger partial charge in [0.15, 0.2) is 5.96 Å².